The lowest BCUT2D eigenvalue weighted by Gasteiger charge is -2.45. The van der Waals surface area contributed by atoms with E-state index in [2.05, 4.69) is 57.1 Å². The summed E-state index contributed by atoms with van der Waals surface area (Å²) in [5.41, 5.74) is 64.9. The van der Waals surface area contributed by atoms with Crippen molar-refractivity contribution in [3.8, 4) is 0 Å². The van der Waals surface area contributed by atoms with E-state index < -0.39 is 0 Å². The van der Waals surface area contributed by atoms with Gasteiger partial charge in [-0.25, -0.2) is 0 Å². The third kappa shape index (κ3) is 37.5. The lowest BCUT2D eigenvalue weighted by atomic mass is 9.63. The van der Waals surface area contributed by atoms with Crippen LogP contribution in [0.5, 0.6) is 0 Å². The van der Waals surface area contributed by atoms with Gasteiger partial charge in [-0.1, -0.05) is 119 Å². The quantitative estimate of drug-likeness (QED) is 0.102. The van der Waals surface area contributed by atoms with Crippen molar-refractivity contribution in [1.82, 2.24) is 9.80 Å². The van der Waals surface area contributed by atoms with Crippen LogP contribution in [0, 0.1) is 58.2 Å². The van der Waals surface area contributed by atoms with Gasteiger partial charge in [0.2, 0.25) is 0 Å². The molecular formula is C65H148N14. The molecule has 0 aromatic heterocycles. The Morgan fingerprint density at radius 2 is 0.873 bits per heavy atom. The highest BCUT2D eigenvalue weighted by atomic mass is 15.3. The fourth-order valence-corrected chi connectivity index (χ4v) is 15.0. The van der Waals surface area contributed by atoms with Crippen LogP contribution in [0.4, 0.5) is 0 Å². The van der Waals surface area contributed by atoms with E-state index in [0.29, 0.717) is 29.5 Å². The molecule has 2 bridgehead atoms. The van der Waals surface area contributed by atoms with Crippen LogP contribution in [0.3, 0.4) is 0 Å². The van der Waals surface area contributed by atoms with Crippen LogP contribution < -0.4 is 68.8 Å². The van der Waals surface area contributed by atoms with Crippen molar-refractivity contribution in [2.24, 2.45) is 127 Å². The normalized spacial score (nSPS) is 30.6. The van der Waals surface area contributed by atoms with Crippen molar-refractivity contribution in [2.45, 2.75) is 266 Å². The molecule has 9 unspecified atom stereocenters. The van der Waals surface area contributed by atoms with Gasteiger partial charge in [-0.2, -0.15) is 0 Å². The van der Waals surface area contributed by atoms with Crippen LogP contribution in [0.2, 0.25) is 0 Å². The molecule has 1 saturated heterocycles. The summed E-state index contributed by atoms with van der Waals surface area (Å²) in [5.74, 6) is 8.56. The predicted octanol–water partition coefficient (Wildman–Crippen LogP) is 9.19. The second kappa shape index (κ2) is 48.7. The van der Waals surface area contributed by atoms with Gasteiger partial charge in [0.05, 0.1) is 0 Å². The zero-order chi connectivity index (χ0) is 60.3. The van der Waals surface area contributed by atoms with Gasteiger partial charge in [0, 0.05) is 49.8 Å². The molecule has 9 aliphatic rings. The Morgan fingerprint density at radius 1 is 0.494 bits per heavy atom. The average molecular weight is 1130 g/mol. The Morgan fingerprint density at radius 3 is 1.20 bits per heavy atom. The fraction of sp³-hybridized carbons (Fsp3) is 1.00. The molecule has 1 heterocycles. The summed E-state index contributed by atoms with van der Waals surface area (Å²) in [5, 5.41) is 0. The van der Waals surface area contributed by atoms with Gasteiger partial charge in [-0.15, -0.1) is 0 Å². The summed E-state index contributed by atoms with van der Waals surface area (Å²) in [6.45, 7) is 33.4. The number of rotatable bonds is 9. The topological polar surface area (TPSA) is 319 Å². The molecule has 14 heteroatoms. The van der Waals surface area contributed by atoms with E-state index in [0.717, 1.165) is 77.4 Å². The molecule has 0 radical (unpaired) electrons. The lowest BCUT2D eigenvalue weighted by molar-refractivity contribution is 0.0904. The number of hydrogen-bond acceptors (Lipinski definition) is 14. The number of nitrogens with two attached hydrogens (primary N) is 12. The minimum Gasteiger partial charge on any atom is -0.333 e. The molecule has 79 heavy (non-hydrogen) atoms. The first-order chi connectivity index (χ1) is 37.6. The molecule has 9 fully saturated rings. The molecule has 8 aliphatic carbocycles. The predicted molar refractivity (Wildman–Crippen MR) is 351 cm³/mol. The van der Waals surface area contributed by atoms with Crippen molar-refractivity contribution in [2.75, 3.05) is 92.1 Å². The second-order valence-corrected chi connectivity index (χ2v) is 27.1. The van der Waals surface area contributed by atoms with E-state index in [1.165, 1.54) is 165 Å². The molecular weight excluding hydrogens is 977 g/mol. The van der Waals surface area contributed by atoms with E-state index in [1.54, 1.807) is 64.2 Å². The molecule has 9 rings (SSSR count). The lowest BCUT2D eigenvalue weighted by Crippen LogP contribution is -2.47. The average Bonchev–Trinajstić information content (AvgIpc) is 4.33. The summed E-state index contributed by atoms with van der Waals surface area (Å²) in [7, 11) is 1.50. The molecule has 0 amide bonds. The highest BCUT2D eigenvalue weighted by Gasteiger charge is 2.49. The van der Waals surface area contributed by atoms with E-state index in [-0.39, 0.29) is 11.0 Å². The zero-order valence-corrected chi connectivity index (χ0v) is 55.0. The highest BCUT2D eigenvalue weighted by Crippen LogP contribution is 2.58. The second-order valence-electron chi connectivity index (χ2n) is 27.1. The highest BCUT2D eigenvalue weighted by molar-refractivity contribution is 4.99. The van der Waals surface area contributed by atoms with Gasteiger partial charge >= 0.3 is 0 Å². The van der Waals surface area contributed by atoms with E-state index in [9.17, 15) is 0 Å². The summed E-state index contributed by atoms with van der Waals surface area (Å²) in [6, 6.07) is 1.25. The van der Waals surface area contributed by atoms with E-state index in [4.69, 9.17) is 63.1 Å². The molecule has 8 saturated carbocycles. The molecule has 0 aromatic rings. The van der Waals surface area contributed by atoms with E-state index >= 15 is 0 Å². The number of fused-ring (bicyclic) bond motifs is 6. The van der Waals surface area contributed by atoms with Crippen LogP contribution in [0.1, 0.15) is 243 Å². The van der Waals surface area contributed by atoms with Crippen molar-refractivity contribution in [3.05, 3.63) is 0 Å². The van der Waals surface area contributed by atoms with E-state index in [1.807, 2.05) is 27.7 Å². The first kappa shape index (κ1) is 80.5. The summed E-state index contributed by atoms with van der Waals surface area (Å²) in [6.07, 6.45) is 37.8. The van der Waals surface area contributed by atoms with Crippen LogP contribution in [0.25, 0.3) is 0 Å². The molecule has 9 atom stereocenters. The van der Waals surface area contributed by atoms with Crippen LogP contribution in [-0.4, -0.2) is 126 Å². The Balaban J connectivity index is 0. The van der Waals surface area contributed by atoms with Crippen molar-refractivity contribution in [3.63, 3.8) is 0 Å². The van der Waals surface area contributed by atoms with Crippen LogP contribution >= 0.6 is 0 Å². The maximum atomic E-state index is 6.10. The number of hydrogen-bond donors (Lipinski definition) is 12. The largest absolute Gasteiger partial charge is 0.333 e. The van der Waals surface area contributed by atoms with Gasteiger partial charge in [0.25, 0.3) is 0 Å². The molecule has 0 spiro atoms. The Hall–Kier alpha value is -0.560. The summed E-state index contributed by atoms with van der Waals surface area (Å²) >= 11 is 0. The molecule has 14 nitrogen and oxygen atoms in total. The summed E-state index contributed by atoms with van der Waals surface area (Å²) in [4.78, 5) is 5.01. The van der Waals surface area contributed by atoms with Gasteiger partial charge in [0.1, 0.15) is 0 Å². The first-order valence-corrected chi connectivity index (χ1v) is 33.6. The Bertz CT molecular complexity index is 1240. The van der Waals surface area contributed by atoms with Gasteiger partial charge in [0.15, 0.2) is 0 Å². The zero-order valence-electron chi connectivity index (χ0n) is 55.0. The maximum Gasteiger partial charge on any atom is 0.0125 e. The van der Waals surface area contributed by atoms with Gasteiger partial charge in [-0.3, -0.25) is 0 Å². The third-order valence-electron chi connectivity index (χ3n) is 18.6. The number of piperazine rings is 1. The van der Waals surface area contributed by atoms with Crippen molar-refractivity contribution in [1.29, 1.82) is 0 Å². The maximum absolute atomic E-state index is 6.10. The Labute approximate surface area is 493 Å². The molecule has 24 N–H and O–H groups in total. The monoisotopic (exact) mass is 1130 g/mol. The standard InChI is InChI=1S/C11H24N2.C10H24N4.C10H22N2.C10H16.C9H16.C6H13N.4C2H7N.CH5N/c1-8(12)9-4-6-10(7-5-9)11(2,3)13;11-3-1-5-13-7-9-14(10-8-13)6-2-4-12;1-9(2)4-8(12)5-10(3,6-9)7-11;1-2-9-7-4-5-8(6-7)10(9)3-1;1-2-5-9-7-3-6-8(9)4-1;7-6-4-2-1-3-5-6;4*1-2-3;1-2/h8-10H,4-7,12-13H2,1-3H3;1-12H2;8H,4-7,11-12H2,1-3H3;7-10H,1-6H2;8-9H,1-7H2;6H,1-5,7H2;4*2-3H2,1H3;2H2,1H3. The minimum atomic E-state index is 0.00278. The van der Waals surface area contributed by atoms with Crippen molar-refractivity contribution >= 4 is 0 Å². The number of nitrogens with zero attached hydrogens (tertiary/aromatic N) is 2. The van der Waals surface area contributed by atoms with Crippen LogP contribution in [0.15, 0.2) is 0 Å². The molecule has 0 aromatic carbocycles. The fourth-order valence-electron chi connectivity index (χ4n) is 15.0. The minimum absolute atomic E-state index is 0.00278. The first-order valence-electron chi connectivity index (χ1n) is 33.6. The third-order valence-corrected chi connectivity index (χ3v) is 18.6. The SMILES string of the molecule is C1CC2C3CCC(C3)C2C1.C1CCC2CCCC2C1.CC(N)C1CCC(C(C)(C)N)CC1.CC1(C)CC(N)CC(C)(CN)C1.CCN.CCN.CCN.CCN.CN.NC1CCCCC1.NCCCN1CCN(CCCN)CC1. The smallest absolute Gasteiger partial charge is 0.0125 e. The molecule has 478 valence electrons. The van der Waals surface area contributed by atoms with Gasteiger partial charge in [-0.05, 0) is 248 Å². The molecule has 1 aliphatic heterocycles. The van der Waals surface area contributed by atoms with Crippen molar-refractivity contribution < 1.29 is 0 Å². The summed E-state index contributed by atoms with van der Waals surface area (Å²) < 4.78 is 0. The Kier molecular flexibility index (Phi) is 49.6. The van der Waals surface area contributed by atoms with Crippen LogP contribution in [-0.2, 0) is 0 Å². The van der Waals surface area contributed by atoms with Gasteiger partial charge < -0.3 is 78.6 Å².